The second-order valence-corrected chi connectivity index (χ2v) is 10.3. The summed E-state index contributed by atoms with van der Waals surface area (Å²) in [5.74, 6) is -1.91. The van der Waals surface area contributed by atoms with Crippen molar-refractivity contribution in [2.45, 2.75) is 51.2 Å². The summed E-state index contributed by atoms with van der Waals surface area (Å²) in [6.45, 7) is 2.00. The highest BCUT2D eigenvalue weighted by atomic mass is 32.1. The van der Waals surface area contributed by atoms with Gasteiger partial charge in [0, 0.05) is 9.75 Å². The Labute approximate surface area is 233 Å². The summed E-state index contributed by atoms with van der Waals surface area (Å²) in [7, 11) is 0. The van der Waals surface area contributed by atoms with Gasteiger partial charge in [0.15, 0.2) is 17.7 Å². The van der Waals surface area contributed by atoms with Crippen LogP contribution in [0.4, 0.5) is 17.6 Å². The molecule has 1 aromatic heterocycles. The number of ether oxygens (including phenoxy) is 2. The fourth-order valence-electron chi connectivity index (χ4n) is 4.14. The molecule has 0 fully saturated rings. The van der Waals surface area contributed by atoms with Gasteiger partial charge >= 0.3 is 12.1 Å². The van der Waals surface area contributed by atoms with E-state index in [2.05, 4.69) is 0 Å². The average Bonchev–Trinajstić information content (AvgIpc) is 3.43. The minimum Gasteiger partial charge on any atom is -0.479 e. The van der Waals surface area contributed by atoms with Crippen molar-refractivity contribution in [3.63, 3.8) is 0 Å². The molecule has 1 N–H and O–H groups in total. The number of alkyl halides is 3. The lowest BCUT2D eigenvalue weighted by Gasteiger charge is -2.18. The molecule has 0 aliphatic carbocycles. The van der Waals surface area contributed by atoms with Gasteiger partial charge in [-0.25, -0.2) is 9.18 Å². The van der Waals surface area contributed by atoms with Crippen LogP contribution in [0.3, 0.4) is 0 Å². The van der Waals surface area contributed by atoms with Gasteiger partial charge in [0.1, 0.15) is 0 Å². The zero-order valence-electron chi connectivity index (χ0n) is 21.7. The van der Waals surface area contributed by atoms with Gasteiger partial charge in [0.25, 0.3) is 0 Å². The fraction of sp³-hybridized carbons (Fsp3) is 0.258. The minimum atomic E-state index is -4.40. The van der Waals surface area contributed by atoms with Gasteiger partial charge < -0.3 is 14.6 Å². The molecule has 0 radical (unpaired) electrons. The van der Waals surface area contributed by atoms with Gasteiger partial charge in [-0.1, -0.05) is 55.5 Å². The maximum Gasteiger partial charge on any atom is 0.416 e. The van der Waals surface area contributed by atoms with Crippen molar-refractivity contribution < 1.29 is 36.9 Å². The smallest absolute Gasteiger partial charge is 0.416 e. The molecular weight excluding hydrogens is 544 g/mol. The van der Waals surface area contributed by atoms with E-state index in [1.54, 1.807) is 13.0 Å². The second-order valence-electron chi connectivity index (χ2n) is 9.22. The van der Waals surface area contributed by atoms with Crippen molar-refractivity contribution in [3.8, 4) is 16.2 Å². The van der Waals surface area contributed by atoms with E-state index >= 15 is 0 Å². The predicted octanol–water partition coefficient (Wildman–Crippen LogP) is 8.71. The molecule has 2 unspecified atom stereocenters. The Morgan fingerprint density at radius 3 is 2.30 bits per heavy atom. The quantitative estimate of drug-likeness (QED) is 0.173. The molecule has 0 spiro atoms. The predicted molar refractivity (Wildman–Crippen MR) is 146 cm³/mol. The number of carboxylic acids is 1. The van der Waals surface area contributed by atoms with Crippen LogP contribution in [0, 0.1) is 5.82 Å². The molecule has 40 heavy (non-hydrogen) atoms. The number of thiophene rings is 1. The molecule has 4 nitrogen and oxygen atoms in total. The molecule has 0 bridgehead atoms. The van der Waals surface area contributed by atoms with Crippen LogP contribution in [0.2, 0.25) is 0 Å². The Morgan fingerprint density at radius 1 is 0.950 bits per heavy atom. The highest BCUT2D eigenvalue weighted by molar-refractivity contribution is 7.15. The van der Waals surface area contributed by atoms with E-state index in [9.17, 15) is 27.5 Å². The Morgan fingerprint density at radius 2 is 1.68 bits per heavy atom. The minimum absolute atomic E-state index is 0.116. The van der Waals surface area contributed by atoms with Crippen molar-refractivity contribution in [3.05, 3.63) is 112 Å². The molecule has 0 saturated carbocycles. The topological polar surface area (TPSA) is 55.8 Å². The van der Waals surface area contributed by atoms with Crippen LogP contribution in [-0.4, -0.2) is 17.2 Å². The summed E-state index contributed by atoms with van der Waals surface area (Å²) in [5.41, 5.74) is 1.66. The van der Waals surface area contributed by atoms with Gasteiger partial charge in [-0.3, -0.25) is 0 Å². The highest BCUT2D eigenvalue weighted by Crippen LogP contribution is 2.37. The van der Waals surface area contributed by atoms with E-state index < -0.39 is 29.6 Å². The van der Waals surface area contributed by atoms with Crippen LogP contribution >= 0.6 is 11.3 Å². The molecule has 1 heterocycles. The Hall–Kier alpha value is -3.69. The number of rotatable bonds is 12. The van der Waals surface area contributed by atoms with E-state index in [1.165, 1.54) is 35.6 Å². The van der Waals surface area contributed by atoms with Crippen molar-refractivity contribution in [2.75, 3.05) is 0 Å². The van der Waals surface area contributed by atoms with E-state index in [-0.39, 0.29) is 18.3 Å². The summed E-state index contributed by atoms with van der Waals surface area (Å²) in [4.78, 5) is 12.9. The molecule has 9 heteroatoms. The summed E-state index contributed by atoms with van der Waals surface area (Å²) < 4.78 is 65.2. The Balaban J connectivity index is 1.50. The van der Waals surface area contributed by atoms with E-state index in [0.29, 0.717) is 30.6 Å². The number of carboxylic acid groups (broad SMARTS) is 1. The summed E-state index contributed by atoms with van der Waals surface area (Å²) in [5, 5.41) is 9.18. The first kappa shape index (κ1) is 29.3. The summed E-state index contributed by atoms with van der Waals surface area (Å²) in [6, 6.07) is 22.9. The lowest BCUT2D eigenvalue weighted by molar-refractivity contribution is -0.145. The number of aliphatic carboxylic acids is 1. The van der Waals surface area contributed by atoms with Crippen LogP contribution in [0.15, 0.2) is 84.9 Å². The fourth-order valence-corrected chi connectivity index (χ4v) is 5.24. The van der Waals surface area contributed by atoms with E-state index in [0.717, 1.165) is 27.5 Å². The molecule has 0 aliphatic heterocycles. The molecule has 3 aromatic carbocycles. The van der Waals surface area contributed by atoms with Crippen LogP contribution in [-0.2, 0) is 28.7 Å². The molecule has 0 saturated heterocycles. The molecule has 4 aromatic rings. The van der Waals surface area contributed by atoms with E-state index in [1.807, 2.05) is 42.5 Å². The van der Waals surface area contributed by atoms with Crippen LogP contribution < -0.4 is 4.74 Å². The third kappa shape index (κ3) is 7.70. The van der Waals surface area contributed by atoms with Crippen molar-refractivity contribution in [2.24, 2.45) is 0 Å². The number of carbonyl (C=O) groups is 1. The van der Waals surface area contributed by atoms with E-state index in [4.69, 9.17) is 9.47 Å². The molecular formula is C31H28F4O4S. The maximum atomic E-state index is 14.7. The maximum absolute atomic E-state index is 14.7. The van der Waals surface area contributed by atoms with Crippen molar-refractivity contribution in [1.82, 2.24) is 0 Å². The summed E-state index contributed by atoms with van der Waals surface area (Å²) in [6.07, 6.45) is -4.68. The van der Waals surface area contributed by atoms with Gasteiger partial charge in [0.05, 0.1) is 18.3 Å². The first-order valence-electron chi connectivity index (χ1n) is 12.7. The SMILES string of the molecule is CCC(Oc1ccc(CCC(OCc2ccccc2)c2ccc(-c3ccc(C(F)(F)F)cc3)s2)cc1F)C(=O)O. The van der Waals surface area contributed by atoms with Gasteiger partial charge in [0.2, 0.25) is 0 Å². The molecule has 0 aliphatic rings. The average molecular weight is 573 g/mol. The van der Waals surface area contributed by atoms with Crippen molar-refractivity contribution in [1.29, 1.82) is 0 Å². The van der Waals surface area contributed by atoms with Crippen LogP contribution in [0.5, 0.6) is 5.75 Å². The zero-order valence-corrected chi connectivity index (χ0v) is 22.5. The lowest BCUT2D eigenvalue weighted by Crippen LogP contribution is -2.26. The third-order valence-electron chi connectivity index (χ3n) is 6.34. The van der Waals surface area contributed by atoms with Crippen LogP contribution in [0.1, 0.15) is 47.4 Å². The lowest BCUT2D eigenvalue weighted by atomic mass is 10.0. The molecule has 4 rings (SSSR count). The Kier molecular flexibility index (Phi) is 9.60. The number of hydrogen-bond acceptors (Lipinski definition) is 4. The van der Waals surface area contributed by atoms with Gasteiger partial charge in [-0.15, -0.1) is 11.3 Å². The molecule has 210 valence electrons. The standard InChI is InChI=1S/C31H28F4O4S/c1-2-25(30(36)37)39-26-14-8-20(18-24(26)32)9-15-27(38-19-21-6-4-3-5-7-21)29-17-16-28(40-29)22-10-12-23(13-11-22)31(33,34)35/h3-8,10-14,16-18,25,27H,2,9,15,19H2,1H3,(H,36,37). The summed E-state index contributed by atoms with van der Waals surface area (Å²) >= 11 is 1.44. The first-order chi connectivity index (χ1) is 19.1. The van der Waals surface area contributed by atoms with Crippen LogP contribution in [0.25, 0.3) is 10.4 Å². The van der Waals surface area contributed by atoms with Crippen molar-refractivity contribution >= 4 is 17.3 Å². The number of benzene rings is 3. The largest absolute Gasteiger partial charge is 0.479 e. The third-order valence-corrected chi connectivity index (χ3v) is 7.57. The monoisotopic (exact) mass is 572 g/mol. The van der Waals surface area contributed by atoms with Gasteiger partial charge in [-0.05, 0) is 72.4 Å². The normalized spacial score (nSPS) is 13.1. The zero-order chi connectivity index (χ0) is 28.7. The second kappa shape index (κ2) is 13.1. The Bertz CT molecular complexity index is 1400. The molecule has 0 amide bonds. The van der Waals surface area contributed by atoms with Gasteiger partial charge in [-0.2, -0.15) is 13.2 Å². The number of hydrogen-bond donors (Lipinski definition) is 1. The number of aryl methyl sites for hydroxylation is 1. The first-order valence-corrected chi connectivity index (χ1v) is 13.6. The molecule has 2 atom stereocenters. The highest BCUT2D eigenvalue weighted by Gasteiger charge is 2.30. The number of halogens is 4.